The van der Waals surface area contributed by atoms with Crippen molar-refractivity contribution in [1.29, 1.82) is 0 Å². The van der Waals surface area contributed by atoms with Crippen LogP contribution in [0.5, 0.6) is 0 Å². The number of hydrogen-bond donors (Lipinski definition) is 0. The number of hydrogen-bond acceptors (Lipinski definition) is 2. The third-order valence-corrected chi connectivity index (χ3v) is 2.50. The van der Waals surface area contributed by atoms with E-state index in [9.17, 15) is 4.79 Å². The van der Waals surface area contributed by atoms with Gasteiger partial charge in [0.15, 0.2) is 0 Å². The number of aryl methyl sites for hydroxylation is 1. The Kier molecular flexibility index (Phi) is 2.64. The first-order valence-corrected chi connectivity index (χ1v) is 5.20. The SMILES string of the molecule is Cc1ccn2cc(CC(=O)N(C)C)nc2c1. The maximum Gasteiger partial charge on any atom is 0.228 e. The summed E-state index contributed by atoms with van der Waals surface area (Å²) in [5, 5.41) is 0. The summed E-state index contributed by atoms with van der Waals surface area (Å²) in [6.07, 6.45) is 4.21. The molecule has 4 nitrogen and oxygen atoms in total. The second-order valence-corrected chi connectivity index (χ2v) is 4.17. The molecule has 0 saturated heterocycles. The van der Waals surface area contributed by atoms with Gasteiger partial charge in [-0.25, -0.2) is 4.98 Å². The van der Waals surface area contributed by atoms with Gasteiger partial charge in [-0.2, -0.15) is 0 Å². The van der Waals surface area contributed by atoms with E-state index in [1.54, 1.807) is 19.0 Å². The van der Waals surface area contributed by atoms with Crippen LogP contribution in [0.1, 0.15) is 11.3 Å². The zero-order chi connectivity index (χ0) is 11.7. The Morgan fingerprint density at radius 1 is 1.50 bits per heavy atom. The Morgan fingerprint density at radius 2 is 2.25 bits per heavy atom. The van der Waals surface area contributed by atoms with Crippen LogP contribution in [0.25, 0.3) is 5.65 Å². The van der Waals surface area contributed by atoms with Crippen LogP contribution < -0.4 is 0 Å². The van der Waals surface area contributed by atoms with Gasteiger partial charge in [-0.05, 0) is 24.6 Å². The third-order valence-electron chi connectivity index (χ3n) is 2.50. The van der Waals surface area contributed by atoms with E-state index in [-0.39, 0.29) is 5.91 Å². The minimum atomic E-state index is 0.0696. The van der Waals surface area contributed by atoms with Gasteiger partial charge < -0.3 is 9.30 Å². The summed E-state index contributed by atoms with van der Waals surface area (Å²) in [5.41, 5.74) is 2.87. The Morgan fingerprint density at radius 3 is 2.94 bits per heavy atom. The lowest BCUT2D eigenvalue weighted by Gasteiger charge is -2.07. The van der Waals surface area contributed by atoms with Crippen LogP contribution in [0, 0.1) is 6.92 Å². The number of amides is 1. The molecular weight excluding hydrogens is 202 g/mol. The van der Waals surface area contributed by atoms with Crippen LogP contribution in [-0.4, -0.2) is 34.3 Å². The van der Waals surface area contributed by atoms with E-state index >= 15 is 0 Å². The summed E-state index contributed by atoms with van der Waals surface area (Å²) in [6, 6.07) is 4.02. The summed E-state index contributed by atoms with van der Waals surface area (Å²) < 4.78 is 1.94. The molecule has 1 amide bonds. The quantitative estimate of drug-likeness (QED) is 0.759. The smallest absolute Gasteiger partial charge is 0.228 e. The van der Waals surface area contributed by atoms with Crippen LogP contribution in [0.15, 0.2) is 24.5 Å². The third kappa shape index (κ3) is 2.05. The Balaban J connectivity index is 2.29. The van der Waals surface area contributed by atoms with Gasteiger partial charge in [-0.1, -0.05) is 0 Å². The summed E-state index contributed by atoms with van der Waals surface area (Å²) in [5.74, 6) is 0.0696. The number of likely N-dealkylation sites (N-methyl/N-ethyl adjacent to an activating group) is 1. The first kappa shape index (κ1) is 10.7. The fraction of sp³-hybridized carbons (Fsp3) is 0.333. The highest BCUT2D eigenvalue weighted by Crippen LogP contribution is 2.08. The largest absolute Gasteiger partial charge is 0.348 e. The molecule has 84 valence electrons. The number of fused-ring (bicyclic) bond motifs is 1. The van der Waals surface area contributed by atoms with Crippen molar-refractivity contribution in [2.24, 2.45) is 0 Å². The first-order valence-electron chi connectivity index (χ1n) is 5.20. The molecule has 0 aromatic carbocycles. The van der Waals surface area contributed by atoms with Gasteiger partial charge in [0.05, 0.1) is 12.1 Å². The van der Waals surface area contributed by atoms with E-state index in [0.29, 0.717) is 6.42 Å². The van der Waals surface area contributed by atoms with Crippen molar-refractivity contribution in [2.45, 2.75) is 13.3 Å². The van der Waals surface area contributed by atoms with E-state index < -0.39 is 0 Å². The van der Waals surface area contributed by atoms with Crippen molar-refractivity contribution >= 4 is 11.6 Å². The van der Waals surface area contributed by atoms with Crippen molar-refractivity contribution in [2.75, 3.05) is 14.1 Å². The molecule has 0 N–H and O–H groups in total. The first-order chi connectivity index (χ1) is 7.56. The van der Waals surface area contributed by atoms with Crippen molar-refractivity contribution < 1.29 is 4.79 Å². The summed E-state index contributed by atoms with van der Waals surface area (Å²) >= 11 is 0. The second kappa shape index (κ2) is 3.96. The molecule has 0 saturated carbocycles. The fourth-order valence-electron chi connectivity index (χ4n) is 1.53. The zero-order valence-electron chi connectivity index (χ0n) is 9.77. The van der Waals surface area contributed by atoms with E-state index in [0.717, 1.165) is 11.3 Å². The van der Waals surface area contributed by atoms with Crippen LogP contribution in [0.3, 0.4) is 0 Å². The van der Waals surface area contributed by atoms with Crippen molar-refractivity contribution in [3.8, 4) is 0 Å². The lowest BCUT2D eigenvalue weighted by molar-refractivity contribution is -0.128. The normalized spacial score (nSPS) is 10.7. The van der Waals surface area contributed by atoms with Crippen LogP contribution >= 0.6 is 0 Å². The standard InChI is InChI=1S/C12H15N3O/c1-9-4-5-15-8-10(13-11(15)6-9)7-12(16)14(2)3/h4-6,8H,7H2,1-3H3. The minimum absolute atomic E-state index is 0.0696. The highest BCUT2D eigenvalue weighted by Gasteiger charge is 2.08. The van der Waals surface area contributed by atoms with Gasteiger partial charge in [0, 0.05) is 26.5 Å². The molecular formula is C12H15N3O. The second-order valence-electron chi connectivity index (χ2n) is 4.17. The minimum Gasteiger partial charge on any atom is -0.348 e. The van der Waals surface area contributed by atoms with E-state index in [1.807, 2.05) is 35.9 Å². The number of imidazole rings is 1. The Bertz CT molecular complexity index is 528. The van der Waals surface area contributed by atoms with Crippen LogP contribution in [0.2, 0.25) is 0 Å². The molecule has 0 aliphatic carbocycles. The average Bonchev–Trinajstić information content (AvgIpc) is 2.58. The number of carbonyl (C=O) groups is 1. The molecule has 0 spiro atoms. The number of carbonyl (C=O) groups excluding carboxylic acids is 1. The molecule has 0 bridgehead atoms. The monoisotopic (exact) mass is 217 g/mol. The molecule has 16 heavy (non-hydrogen) atoms. The van der Waals surface area contributed by atoms with E-state index in [4.69, 9.17) is 0 Å². The fourth-order valence-corrected chi connectivity index (χ4v) is 1.53. The predicted octanol–water partition coefficient (Wildman–Crippen LogP) is 1.27. The molecule has 0 atom stereocenters. The zero-order valence-corrected chi connectivity index (χ0v) is 9.77. The molecule has 4 heteroatoms. The Hall–Kier alpha value is -1.84. The molecule has 0 aliphatic rings. The van der Waals surface area contributed by atoms with E-state index in [1.165, 1.54) is 5.56 Å². The molecule has 2 aromatic heterocycles. The van der Waals surface area contributed by atoms with Crippen molar-refractivity contribution in [3.63, 3.8) is 0 Å². The van der Waals surface area contributed by atoms with Gasteiger partial charge in [0.25, 0.3) is 0 Å². The van der Waals surface area contributed by atoms with Crippen molar-refractivity contribution in [3.05, 3.63) is 35.8 Å². The molecule has 2 heterocycles. The van der Waals surface area contributed by atoms with Crippen molar-refractivity contribution in [1.82, 2.24) is 14.3 Å². The summed E-state index contributed by atoms with van der Waals surface area (Å²) in [6.45, 7) is 2.03. The topological polar surface area (TPSA) is 37.6 Å². The maximum atomic E-state index is 11.5. The predicted molar refractivity (Wildman–Crippen MR) is 62.3 cm³/mol. The maximum absolute atomic E-state index is 11.5. The number of rotatable bonds is 2. The summed E-state index contributed by atoms with van der Waals surface area (Å²) in [4.78, 5) is 17.5. The van der Waals surface area contributed by atoms with Crippen LogP contribution in [-0.2, 0) is 11.2 Å². The van der Waals surface area contributed by atoms with Crippen LogP contribution in [0.4, 0.5) is 0 Å². The highest BCUT2D eigenvalue weighted by atomic mass is 16.2. The summed E-state index contributed by atoms with van der Waals surface area (Å²) in [7, 11) is 3.50. The average molecular weight is 217 g/mol. The number of nitrogens with zero attached hydrogens (tertiary/aromatic N) is 3. The van der Waals surface area contributed by atoms with Gasteiger partial charge >= 0.3 is 0 Å². The Labute approximate surface area is 94.5 Å². The number of pyridine rings is 1. The molecule has 0 fully saturated rings. The van der Waals surface area contributed by atoms with Gasteiger partial charge in [-0.3, -0.25) is 4.79 Å². The van der Waals surface area contributed by atoms with Gasteiger partial charge in [0.1, 0.15) is 5.65 Å². The lowest BCUT2D eigenvalue weighted by Crippen LogP contribution is -2.23. The van der Waals surface area contributed by atoms with Gasteiger partial charge in [-0.15, -0.1) is 0 Å². The molecule has 2 rings (SSSR count). The van der Waals surface area contributed by atoms with E-state index in [2.05, 4.69) is 4.98 Å². The lowest BCUT2D eigenvalue weighted by atomic mass is 10.3. The molecule has 0 radical (unpaired) electrons. The van der Waals surface area contributed by atoms with Gasteiger partial charge in [0.2, 0.25) is 5.91 Å². The highest BCUT2D eigenvalue weighted by molar-refractivity contribution is 5.77. The molecule has 2 aromatic rings. The molecule has 0 aliphatic heterocycles. The molecule has 0 unspecified atom stereocenters. The number of aromatic nitrogens is 2.